The third-order valence-corrected chi connectivity index (χ3v) is 2.40. The SMILES string of the molecule is O=C(O)CCCCc1ccc(O)c(C(=O)O)c1. The molecule has 1 aromatic rings. The molecule has 0 unspecified atom stereocenters. The van der Waals surface area contributed by atoms with Crippen LogP contribution >= 0.6 is 0 Å². The molecule has 1 aromatic carbocycles. The molecule has 0 fully saturated rings. The number of phenols is 1. The lowest BCUT2D eigenvalue weighted by Crippen LogP contribution is -1.99. The van der Waals surface area contributed by atoms with Crippen LogP contribution in [0.4, 0.5) is 0 Å². The third kappa shape index (κ3) is 4.14. The van der Waals surface area contributed by atoms with Gasteiger partial charge in [0.05, 0.1) is 0 Å². The maximum absolute atomic E-state index is 10.8. The lowest BCUT2D eigenvalue weighted by molar-refractivity contribution is -0.137. The van der Waals surface area contributed by atoms with E-state index in [-0.39, 0.29) is 17.7 Å². The third-order valence-electron chi connectivity index (χ3n) is 2.40. The molecule has 1 rings (SSSR count). The maximum Gasteiger partial charge on any atom is 0.339 e. The van der Waals surface area contributed by atoms with Gasteiger partial charge in [0.2, 0.25) is 0 Å². The van der Waals surface area contributed by atoms with Gasteiger partial charge >= 0.3 is 11.9 Å². The number of hydrogen-bond donors (Lipinski definition) is 3. The lowest BCUT2D eigenvalue weighted by Gasteiger charge is -2.04. The van der Waals surface area contributed by atoms with E-state index in [1.54, 1.807) is 6.07 Å². The summed E-state index contributed by atoms with van der Waals surface area (Å²) < 4.78 is 0. The van der Waals surface area contributed by atoms with Gasteiger partial charge in [-0.25, -0.2) is 4.79 Å². The van der Waals surface area contributed by atoms with E-state index in [0.29, 0.717) is 19.3 Å². The fourth-order valence-corrected chi connectivity index (χ4v) is 1.52. The van der Waals surface area contributed by atoms with Crippen LogP contribution in [0.5, 0.6) is 5.75 Å². The zero-order chi connectivity index (χ0) is 12.8. The number of carboxylic acid groups (broad SMARTS) is 2. The Hall–Kier alpha value is -2.04. The van der Waals surface area contributed by atoms with Gasteiger partial charge in [-0.3, -0.25) is 4.79 Å². The summed E-state index contributed by atoms with van der Waals surface area (Å²) in [7, 11) is 0. The first-order valence-electron chi connectivity index (χ1n) is 5.27. The highest BCUT2D eigenvalue weighted by Crippen LogP contribution is 2.19. The second kappa shape index (κ2) is 5.89. The number of aliphatic carboxylic acids is 1. The monoisotopic (exact) mass is 238 g/mol. The van der Waals surface area contributed by atoms with Crippen molar-refractivity contribution in [3.05, 3.63) is 29.3 Å². The summed E-state index contributed by atoms with van der Waals surface area (Å²) in [6.07, 6.45) is 1.95. The fourth-order valence-electron chi connectivity index (χ4n) is 1.52. The van der Waals surface area contributed by atoms with Crippen LogP contribution in [-0.2, 0) is 11.2 Å². The van der Waals surface area contributed by atoms with E-state index < -0.39 is 11.9 Å². The minimum atomic E-state index is -1.17. The number of carboxylic acids is 2. The number of hydrogen-bond acceptors (Lipinski definition) is 3. The number of aryl methyl sites for hydroxylation is 1. The molecule has 0 atom stereocenters. The molecule has 0 amide bonds. The van der Waals surface area contributed by atoms with Gasteiger partial charge in [0.25, 0.3) is 0 Å². The van der Waals surface area contributed by atoms with E-state index in [2.05, 4.69) is 0 Å². The van der Waals surface area contributed by atoms with E-state index in [1.807, 2.05) is 0 Å². The lowest BCUT2D eigenvalue weighted by atomic mass is 10.0. The van der Waals surface area contributed by atoms with E-state index in [9.17, 15) is 14.7 Å². The van der Waals surface area contributed by atoms with Crippen molar-refractivity contribution in [2.75, 3.05) is 0 Å². The summed E-state index contributed by atoms with van der Waals surface area (Å²) in [5.74, 6) is -2.26. The zero-order valence-electron chi connectivity index (χ0n) is 9.22. The second-order valence-electron chi connectivity index (χ2n) is 3.76. The van der Waals surface area contributed by atoms with Crippen LogP contribution in [0, 0.1) is 0 Å². The van der Waals surface area contributed by atoms with Gasteiger partial charge in [0, 0.05) is 6.42 Å². The van der Waals surface area contributed by atoms with Crippen LogP contribution < -0.4 is 0 Å². The Kier molecular flexibility index (Phi) is 4.51. The van der Waals surface area contributed by atoms with Gasteiger partial charge in [0.1, 0.15) is 11.3 Å². The molecule has 0 aromatic heterocycles. The molecule has 0 radical (unpaired) electrons. The normalized spacial score (nSPS) is 10.1. The Morgan fingerprint density at radius 3 is 2.41 bits per heavy atom. The van der Waals surface area contributed by atoms with Crippen molar-refractivity contribution in [3.63, 3.8) is 0 Å². The number of carbonyl (C=O) groups is 2. The molecule has 0 saturated heterocycles. The maximum atomic E-state index is 10.8. The van der Waals surface area contributed by atoms with Crippen LogP contribution in [0.25, 0.3) is 0 Å². The number of unbranched alkanes of at least 4 members (excludes halogenated alkanes) is 1. The first-order valence-corrected chi connectivity index (χ1v) is 5.27. The summed E-state index contributed by atoms with van der Waals surface area (Å²) in [6.45, 7) is 0. The molecule has 0 saturated carbocycles. The molecule has 92 valence electrons. The first kappa shape index (κ1) is 13.0. The van der Waals surface area contributed by atoms with Crippen molar-refractivity contribution in [1.82, 2.24) is 0 Å². The van der Waals surface area contributed by atoms with Crippen LogP contribution in [-0.4, -0.2) is 27.3 Å². The Bertz CT molecular complexity index is 425. The molecular weight excluding hydrogens is 224 g/mol. The average Bonchev–Trinajstić information content (AvgIpc) is 2.25. The summed E-state index contributed by atoms with van der Waals surface area (Å²) >= 11 is 0. The molecule has 5 nitrogen and oxygen atoms in total. The number of benzene rings is 1. The number of rotatable bonds is 6. The number of aromatic hydroxyl groups is 1. The van der Waals surface area contributed by atoms with E-state index in [0.717, 1.165) is 5.56 Å². The second-order valence-corrected chi connectivity index (χ2v) is 3.76. The average molecular weight is 238 g/mol. The van der Waals surface area contributed by atoms with Crippen molar-refractivity contribution in [3.8, 4) is 5.75 Å². The van der Waals surface area contributed by atoms with Gasteiger partial charge in [-0.1, -0.05) is 6.07 Å². The molecule has 0 aliphatic carbocycles. The minimum Gasteiger partial charge on any atom is -0.507 e. The molecule has 17 heavy (non-hydrogen) atoms. The highest BCUT2D eigenvalue weighted by molar-refractivity contribution is 5.90. The van der Waals surface area contributed by atoms with Crippen LogP contribution in [0.2, 0.25) is 0 Å². The largest absolute Gasteiger partial charge is 0.507 e. The minimum absolute atomic E-state index is 0.115. The van der Waals surface area contributed by atoms with Crippen LogP contribution in [0.1, 0.15) is 35.2 Å². The summed E-state index contributed by atoms with van der Waals surface area (Å²) in [5.41, 5.74) is 0.659. The van der Waals surface area contributed by atoms with E-state index >= 15 is 0 Å². The molecule has 0 spiro atoms. The predicted octanol–water partition coefficient (Wildman–Crippen LogP) is 1.89. The van der Waals surface area contributed by atoms with Gasteiger partial charge in [-0.15, -0.1) is 0 Å². The summed E-state index contributed by atoms with van der Waals surface area (Å²) in [5, 5.41) is 26.5. The highest BCUT2D eigenvalue weighted by atomic mass is 16.4. The molecule has 0 aliphatic heterocycles. The van der Waals surface area contributed by atoms with E-state index in [1.165, 1.54) is 12.1 Å². The molecular formula is C12H14O5. The van der Waals surface area contributed by atoms with Gasteiger partial charge in [0.15, 0.2) is 0 Å². The fraction of sp³-hybridized carbons (Fsp3) is 0.333. The summed E-state index contributed by atoms with van der Waals surface area (Å²) in [4.78, 5) is 21.0. The van der Waals surface area contributed by atoms with Crippen LogP contribution in [0.3, 0.4) is 0 Å². The molecule has 5 heteroatoms. The van der Waals surface area contributed by atoms with Gasteiger partial charge in [-0.05, 0) is 37.0 Å². The smallest absolute Gasteiger partial charge is 0.339 e. The Labute approximate surface area is 98.3 Å². The standard InChI is InChI=1S/C12H14O5/c13-10-6-5-8(7-9(10)12(16)17)3-1-2-4-11(14)15/h5-7,13H,1-4H2,(H,14,15)(H,16,17). The highest BCUT2D eigenvalue weighted by Gasteiger charge is 2.09. The van der Waals surface area contributed by atoms with Gasteiger partial charge < -0.3 is 15.3 Å². The molecule has 3 N–H and O–H groups in total. The Balaban J connectivity index is 2.57. The molecule has 0 aliphatic rings. The van der Waals surface area contributed by atoms with Crippen molar-refractivity contribution in [1.29, 1.82) is 0 Å². The predicted molar refractivity (Wildman–Crippen MR) is 60.3 cm³/mol. The summed E-state index contributed by atoms with van der Waals surface area (Å²) in [6, 6.07) is 4.40. The quantitative estimate of drug-likeness (QED) is 0.658. The molecule has 0 bridgehead atoms. The van der Waals surface area contributed by atoms with Crippen molar-refractivity contribution < 1.29 is 24.9 Å². The Morgan fingerprint density at radius 1 is 1.12 bits per heavy atom. The first-order chi connectivity index (χ1) is 8.00. The van der Waals surface area contributed by atoms with Crippen molar-refractivity contribution >= 4 is 11.9 Å². The van der Waals surface area contributed by atoms with Gasteiger partial charge in [-0.2, -0.15) is 0 Å². The van der Waals surface area contributed by atoms with Crippen molar-refractivity contribution in [2.24, 2.45) is 0 Å². The van der Waals surface area contributed by atoms with Crippen molar-refractivity contribution in [2.45, 2.75) is 25.7 Å². The van der Waals surface area contributed by atoms with E-state index in [4.69, 9.17) is 10.2 Å². The number of aromatic carboxylic acids is 1. The zero-order valence-corrected chi connectivity index (χ0v) is 9.22. The van der Waals surface area contributed by atoms with Crippen LogP contribution in [0.15, 0.2) is 18.2 Å². The molecule has 0 heterocycles. The Morgan fingerprint density at radius 2 is 1.82 bits per heavy atom. The topological polar surface area (TPSA) is 94.8 Å².